The second-order valence-corrected chi connectivity index (χ2v) is 5.48. The van der Waals surface area contributed by atoms with Gasteiger partial charge >= 0.3 is 5.97 Å². The lowest BCUT2D eigenvalue weighted by atomic mass is 10.1. The van der Waals surface area contributed by atoms with Crippen molar-refractivity contribution >= 4 is 21.9 Å². The highest BCUT2D eigenvalue weighted by Gasteiger charge is 1.98. The number of ether oxygens (including phenoxy) is 2. The Hall–Kier alpha value is -1.03. The number of halogens is 1. The quantitative estimate of drug-likeness (QED) is 0.364. The Morgan fingerprint density at radius 1 is 1.05 bits per heavy atom. The number of hydrogen-bond donors (Lipinski definition) is 0. The lowest BCUT2D eigenvalue weighted by Gasteiger charge is -2.07. The third kappa shape index (κ3) is 8.20. The van der Waals surface area contributed by atoms with Crippen molar-refractivity contribution in [2.45, 2.75) is 39.0 Å². The van der Waals surface area contributed by atoms with Crippen molar-refractivity contribution in [2.24, 2.45) is 0 Å². The average molecular weight is 343 g/mol. The van der Waals surface area contributed by atoms with E-state index in [4.69, 9.17) is 9.47 Å². The van der Waals surface area contributed by atoms with Crippen molar-refractivity contribution in [3.8, 4) is 5.75 Å². The number of benzene rings is 1. The Labute approximate surface area is 129 Å². The highest BCUT2D eigenvalue weighted by Crippen LogP contribution is 2.13. The van der Waals surface area contributed by atoms with Crippen molar-refractivity contribution < 1.29 is 14.3 Å². The zero-order valence-electron chi connectivity index (χ0n) is 12.1. The van der Waals surface area contributed by atoms with Crippen molar-refractivity contribution in [3.05, 3.63) is 29.8 Å². The number of carbonyl (C=O) groups is 1. The molecule has 0 heterocycles. The molecular formula is C16H23BrO3. The molecule has 1 aromatic rings. The zero-order valence-corrected chi connectivity index (χ0v) is 13.7. The Balaban J connectivity index is 2.16. The van der Waals surface area contributed by atoms with Crippen LogP contribution in [0.4, 0.5) is 0 Å². The first-order valence-electron chi connectivity index (χ1n) is 7.13. The normalized spacial score (nSPS) is 10.3. The number of rotatable bonds is 10. The maximum Gasteiger partial charge on any atom is 0.302 e. The van der Waals surface area contributed by atoms with E-state index in [-0.39, 0.29) is 5.97 Å². The summed E-state index contributed by atoms with van der Waals surface area (Å²) in [6.07, 6.45) is 5.54. The van der Waals surface area contributed by atoms with Crippen LogP contribution >= 0.6 is 15.9 Å². The molecule has 1 rings (SSSR count). The number of carbonyl (C=O) groups excluding carboxylic acids is 1. The van der Waals surface area contributed by atoms with Crippen molar-refractivity contribution in [1.29, 1.82) is 0 Å². The molecule has 0 N–H and O–H groups in total. The van der Waals surface area contributed by atoms with Crippen LogP contribution < -0.4 is 4.74 Å². The molecule has 0 saturated carbocycles. The summed E-state index contributed by atoms with van der Waals surface area (Å²) in [4.78, 5) is 10.7. The van der Waals surface area contributed by atoms with Gasteiger partial charge < -0.3 is 9.47 Å². The molecule has 0 amide bonds. The van der Waals surface area contributed by atoms with Gasteiger partial charge in [-0.25, -0.2) is 0 Å². The Morgan fingerprint density at radius 3 is 2.40 bits per heavy atom. The van der Waals surface area contributed by atoms with Crippen LogP contribution in [0, 0.1) is 0 Å². The predicted octanol–water partition coefficient (Wildman–Crippen LogP) is 4.13. The molecule has 0 spiro atoms. The Bertz CT molecular complexity index is 376. The summed E-state index contributed by atoms with van der Waals surface area (Å²) in [5.41, 5.74) is 1.15. The summed E-state index contributed by atoms with van der Waals surface area (Å²) >= 11 is 3.43. The van der Waals surface area contributed by atoms with Gasteiger partial charge in [0.25, 0.3) is 0 Å². The van der Waals surface area contributed by atoms with Gasteiger partial charge in [-0.2, -0.15) is 0 Å². The molecule has 0 aliphatic rings. The topological polar surface area (TPSA) is 35.5 Å². The predicted molar refractivity (Wildman–Crippen MR) is 84.5 cm³/mol. The third-order valence-corrected chi connectivity index (χ3v) is 3.48. The van der Waals surface area contributed by atoms with Gasteiger partial charge in [-0.1, -0.05) is 40.9 Å². The smallest absolute Gasteiger partial charge is 0.302 e. The van der Waals surface area contributed by atoms with Crippen LogP contribution in [0.15, 0.2) is 24.3 Å². The first-order valence-corrected chi connectivity index (χ1v) is 8.25. The molecule has 0 bridgehead atoms. The van der Waals surface area contributed by atoms with Crippen LogP contribution in [0.2, 0.25) is 0 Å². The molecule has 20 heavy (non-hydrogen) atoms. The van der Waals surface area contributed by atoms with Crippen LogP contribution in [0.1, 0.15) is 38.2 Å². The monoisotopic (exact) mass is 342 g/mol. The largest absolute Gasteiger partial charge is 0.494 e. The summed E-state index contributed by atoms with van der Waals surface area (Å²) in [5, 5.41) is 1.09. The van der Waals surface area contributed by atoms with Gasteiger partial charge in [0.15, 0.2) is 0 Å². The minimum absolute atomic E-state index is 0.232. The van der Waals surface area contributed by atoms with Gasteiger partial charge in [-0.3, -0.25) is 4.79 Å². The van der Waals surface area contributed by atoms with Gasteiger partial charge in [-0.15, -0.1) is 0 Å². The lowest BCUT2D eigenvalue weighted by molar-refractivity contribution is -0.140. The first kappa shape index (κ1) is 17.0. The SMILES string of the molecule is CC(=O)OCCc1ccc(OCCCCCCBr)cc1. The highest BCUT2D eigenvalue weighted by atomic mass is 79.9. The summed E-state index contributed by atoms with van der Waals surface area (Å²) in [6.45, 7) is 2.63. The minimum Gasteiger partial charge on any atom is -0.494 e. The number of esters is 1. The van der Waals surface area contributed by atoms with Crippen LogP contribution in [-0.4, -0.2) is 24.5 Å². The summed E-state index contributed by atoms with van der Waals surface area (Å²) < 4.78 is 10.6. The number of unbranched alkanes of at least 4 members (excludes halogenated alkanes) is 3. The van der Waals surface area contributed by atoms with Crippen molar-refractivity contribution in [1.82, 2.24) is 0 Å². The minimum atomic E-state index is -0.232. The maximum atomic E-state index is 10.7. The third-order valence-electron chi connectivity index (χ3n) is 2.92. The van der Waals surface area contributed by atoms with Crippen LogP contribution in [0.5, 0.6) is 5.75 Å². The highest BCUT2D eigenvalue weighted by molar-refractivity contribution is 9.09. The maximum absolute atomic E-state index is 10.7. The van der Waals surface area contributed by atoms with Gasteiger partial charge in [0.05, 0.1) is 13.2 Å². The summed E-state index contributed by atoms with van der Waals surface area (Å²) in [6, 6.07) is 7.98. The summed E-state index contributed by atoms with van der Waals surface area (Å²) in [5.74, 6) is 0.673. The van der Waals surface area contributed by atoms with E-state index in [9.17, 15) is 4.79 Å². The lowest BCUT2D eigenvalue weighted by Crippen LogP contribution is -2.03. The van der Waals surface area contributed by atoms with E-state index in [1.165, 1.54) is 26.2 Å². The van der Waals surface area contributed by atoms with E-state index in [0.29, 0.717) is 6.61 Å². The van der Waals surface area contributed by atoms with Gasteiger partial charge in [-0.05, 0) is 30.5 Å². The standard InChI is InChI=1S/C16H23BrO3/c1-14(18)19-13-10-15-6-8-16(9-7-15)20-12-5-3-2-4-11-17/h6-9H,2-5,10-13H2,1H3. The van der Waals surface area contributed by atoms with E-state index >= 15 is 0 Å². The average Bonchev–Trinajstić information content (AvgIpc) is 2.44. The number of alkyl halides is 1. The molecule has 0 aliphatic heterocycles. The molecule has 4 heteroatoms. The van der Waals surface area contributed by atoms with E-state index in [1.807, 2.05) is 24.3 Å². The van der Waals surface area contributed by atoms with Gasteiger partial charge in [0, 0.05) is 18.7 Å². The molecule has 0 atom stereocenters. The fourth-order valence-electron chi connectivity index (χ4n) is 1.81. The fraction of sp³-hybridized carbons (Fsp3) is 0.562. The fourth-order valence-corrected chi connectivity index (χ4v) is 2.20. The van der Waals surface area contributed by atoms with Crippen LogP contribution in [0.3, 0.4) is 0 Å². The van der Waals surface area contributed by atoms with Crippen molar-refractivity contribution in [3.63, 3.8) is 0 Å². The molecule has 0 radical (unpaired) electrons. The van der Waals surface area contributed by atoms with E-state index < -0.39 is 0 Å². The van der Waals surface area contributed by atoms with Gasteiger partial charge in [0.1, 0.15) is 5.75 Å². The van der Waals surface area contributed by atoms with Gasteiger partial charge in [0.2, 0.25) is 0 Å². The zero-order chi connectivity index (χ0) is 14.6. The summed E-state index contributed by atoms with van der Waals surface area (Å²) in [7, 11) is 0. The first-order chi connectivity index (χ1) is 9.72. The van der Waals surface area contributed by atoms with Crippen LogP contribution in [0.25, 0.3) is 0 Å². The van der Waals surface area contributed by atoms with E-state index in [2.05, 4.69) is 15.9 Å². The molecule has 0 aliphatic carbocycles. The molecule has 0 fully saturated rings. The van der Waals surface area contributed by atoms with E-state index in [0.717, 1.165) is 36.1 Å². The second kappa shape index (κ2) is 10.7. The molecule has 0 unspecified atom stereocenters. The molecule has 0 saturated heterocycles. The number of hydrogen-bond acceptors (Lipinski definition) is 3. The Morgan fingerprint density at radius 2 is 1.75 bits per heavy atom. The molecule has 0 aromatic heterocycles. The second-order valence-electron chi connectivity index (χ2n) is 4.69. The molecule has 3 nitrogen and oxygen atoms in total. The van der Waals surface area contributed by atoms with E-state index in [1.54, 1.807) is 0 Å². The molecule has 112 valence electrons. The Kier molecular flexibility index (Phi) is 9.13. The molecule has 1 aromatic carbocycles. The van der Waals surface area contributed by atoms with Crippen molar-refractivity contribution in [2.75, 3.05) is 18.5 Å². The van der Waals surface area contributed by atoms with Crippen LogP contribution in [-0.2, 0) is 16.0 Å². The molecular weight excluding hydrogens is 320 g/mol.